The summed E-state index contributed by atoms with van der Waals surface area (Å²) in [4.78, 5) is 10.1. The normalized spacial score (nSPS) is 15.8. The van der Waals surface area contributed by atoms with Crippen molar-refractivity contribution in [3.8, 4) is 10.4 Å². The number of anilines is 2. The first-order chi connectivity index (χ1) is 11.9. The van der Waals surface area contributed by atoms with E-state index in [0.717, 1.165) is 41.3 Å². The van der Waals surface area contributed by atoms with Gasteiger partial charge >= 0.3 is 0 Å². The standard InChI is InChI=1S/C19H20N4S.2ClH/c1-2-4-16(5-3-1)17-13-22-19(24-17)23-18-11-14(7-9-21-18)10-15-6-8-20-12-15;;/h1-5,7,9,11,13,15,20H,6,8,10,12H2,(H,21,22,23);2*1H. The van der Waals surface area contributed by atoms with Gasteiger partial charge in [-0.2, -0.15) is 0 Å². The first-order valence-electron chi connectivity index (χ1n) is 8.31. The molecule has 2 aromatic heterocycles. The Balaban J connectivity index is 0.00000121. The van der Waals surface area contributed by atoms with Gasteiger partial charge in [-0.3, -0.25) is 0 Å². The Hall–Kier alpha value is -1.66. The molecule has 0 spiro atoms. The molecule has 1 atom stereocenters. The summed E-state index contributed by atoms with van der Waals surface area (Å²) < 4.78 is 0. The van der Waals surface area contributed by atoms with Crippen molar-refractivity contribution in [2.45, 2.75) is 12.8 Å². The second-order valence-electron chi connectivity index (χ2n) is 6.13. The molecular formula is C19H22Cl2N4S. The van der Waals surface area contributed by atoms with Crippen LogP contribution in [0.1, 0.15) is 12.0 Å². The van der Waals surface area contributed by atoms with Gasteiger partial charge in [0.1, 0.15) is 5.82 Å². The summed E-state index contributed by atoms with van der Waals surface area (Å²) in [5, 5.41) is 7.64. The minimum Gasteiger partial charge on any atom is -0.316 e. The number of nitrogens with zero attached hydrogens (tertiary/aromatic N) is 2. The van der Waals surface area contributed by atoms with Gasteiger partial charge in [0.05, 0.1) is 4.88 Å². The maximum Gasteiger partial charge on any atom is 0.188 e. The van der Waals surface area contributed by atoms with Crippen LogP contribution in [0.25, 0.3) is 10.4 Å². The summed E-state index contributed by atoms with van der Waals surface area (Å²) in [6, 6.07) is 14.6. The van der Waals surface area contributed by atoms with Crippen molar-refractivity contribution >= 4 is 47.1 Å². The predicted molar refractivity (Wildman–Crippen MR) is 114 cm³/mol. The summed E-state index contributed by atoms with van der Waals surface area (Å²) in [5.41, 5.74) is 2.53. The molecular weight excluding hydrogens is 387 g/mol. The van der Waals surface area contributed by atoms with E-state index in [-0.39, 0.29) is 24.8 Å². The van der Waals surface area contributed by atoms with Crippen LogP contribution in [0.15, 0.2) is 54.9 Å². The molecule has 1 saturated heterocycles. The SMILES string of the molecule is Cl.Cl.c1ccc(-c2cnc(Nc3cc(CC4CCNC4)ccn3)s2)cc1. The molecule has 1 unspecified atom stereocenters. The zero-order valence-electron chi connectivity index (χ0n) is 14.2. The number of thiazole rings is 1. The number of hydrogen-bond acceptors (Lipinski definition) is 5. The molecule has 4 nitrogen and oxygen atoms in total. The highest BCUT2D eigenvalue weighted by atomic mass is 35.5. The van der Waals surface area contributed by atoms with Gasteiger partial charge in [-0.15, -0.1) is 24.8 Å². The fourth-order valence-electron chi connectivity index (χ4n) is 3.07. The van der Waals surface area contributed by atoms with Crippen LogP contribution < -0.4 is 10.6 Å². The van der Waals surface area contributed by atoms with Crippen LogP contribution in [0.3, 0.4) is 0 Å². The molecule has 4 rings (SSSR count). The highest BCUT2D eigenvalue weighted by Gasteiger charge is 2.15. The predicted octanol–water partition coefficient (Wildman–Crippen LogP) is 4.94. The maximum atomic E-state index is 4.48. The van der Waals surface area contributed by atoms with E-state index < -0.39 is 0 Å². The Labute approximate surface area is 170 Å². The lowest BCUT2D eigenvalue weighted by Crippen LogP contribution is -2.10. The fraction of sp³-hybridized carbons (Fsp3) is 0.263. The van der Waals surface area contributed by atoms with Gasteiger partial charge in [0.15, 0.2) is 5.13 Å². The van der Waals surface area contributed by atoms with E-state index in [9.17, 15) is 0 Å². The van der Waals surface area contributed by atoms with Crippen molar-refractivity contribution in [1.29, 1.82) is 0 Å². The number of benzene rings is 1. The summed E-state index contributed by atoms with van der Waals surface area (Å²) in [6.45, 7) is 2.26. The van der Waals surface area contributed by atoms with Gasteiger partial charge in [0.2, 0.25) is 0 Å². The molecule has 0 saturated carbocycles. The smallest absolute Gasteiger partial charge is 0.188 e. The largest absolute Gasteiger partial charge is 0.316 e. The summed E-state index contributed by atoms with van der Waals surface area (Å²) in [7, 11) is 0. The van der Waals surface area contributed by atoms with Gasteiger partial charge < -0.3 is 10.6 Å². The van der Waals surface area contributed by atoms with E-state index in [0.29, 0.717) is 0 Å². The van der Waals surface area contributed by atoms with Crippen molar-refractivity contribution in [1.82, 2.24) is 15.3 Å². The second-order valence-corrected chi connectivity index (χ2v) is 7.16. The Kier molecular flexibility index (Phi) is 7.85. The quantitative estimate of drug-likeness (QED) is 0.627. The van der Waals surface area contributed by atoms with Crippen LogP contribution in [0, 0.1) is 5.92 Å². The third kappa shape index (κ3) is 5.17. The molecule has 7 heteroatoms. The third-order valence-electron chi connectivity index (χ3n) is 4.31. The van der Waals surface area contributed by atoms with Crippen molar-refractivity contribution in [2.75, 3.05) is 18.4 Å². The van der Waals surface area contributed by atoms with Gasteiger partial charge in [-0.05, 0) is 55.1 Å². The third-order valence-corrected chi connectivity index (χ3v) is 5.27. The Morgan fingerprint density at radius 3 is 2.73 bits per heavy atom. The lowest BCUT2D eigenvalue weighted by molar-refractivity contribution is 0.580. The zero-order chi connectivity index (χ0) is 16.2. The van der Waals surface area contributed by atoms with Crippen molar-refractivity contribution in [3.63, 3.8) is 0 Å². The average Bonchev–Trinajstić information content (AvgIpc) is 3.28. The second kappa shape index (κ2) is 9.88. The summed E-state index contributed by atoms with van der Waals surface area (Å²) >= 11 is 1.65. The number of nitrogens with one attached hydrogen (secondary N) is 2. The van der Waals surface area contributed by atoms with E-state index in [1.807, 2.05) is 30.6 Å². The molecule has 1 aliphatic rings. The van der Waals surface area contributed by atoms with Gasteiger partial charge in [0, 0.05) is 12.4 Å². The molecule has 2 N–H and O–H groups in total. The molecule has 1 fully saturated rings. The number of pyridine rings is 1. The highest BCUT2D eigenvalue weighted by molar-refractivity contribution is 7.18. The van der Waals surface area contributed by atoms with Gasteiger partial charge in [0.25, 0.3) is 0 Å². The molecule has 138 valence electrons. The average molecular weight is 409 g/mol. The van der Waals surface area contributed by atoms with Gasteiger partial charge in [-0.25, -0.2) is 9.97 Å². The molecule has 3 aromatic rings. The number of rotatable bonds is 5. The number of halogens is 2. The summed E-state index contributed by atoms with van der Waals surface area (Å²) in [5.74, 6) is 1.61. The number of hydrogen-bond donors (Lipinski definition) is 2. The molecule has 0 aliphatic carbocycles. The van der Waals surface area contributed by atoms with Crippen molar-refractivity contribution in [3.05, 3.63) is 60.4 Å². The minimum atomic E-state index is 0. The minimum absolute atomic E-state index is 0. The molecule has 1 aliphatic heterocycles. The Morgan fingerprint density at radius 1 is 1.12 bits per heavy atom. The monoisotopic (exact) mass is 408 g/mol. The Morgan fingerprint density at radius 2 is 1.96 bits per heavy atom. The van der Waals surface area contributed by atoms with E-state index in [2.05, 4.69) is 44.9 Å². The van der Waals surface area contributed by atoms with Crippen LogP contribution in [0.2, 0.25) is 0 Å². The Bertz CT molecular complexity index is 804. The van der Waals surface area contributed by atoms with Crippen LogP contribution >= 0.6 is 36.2 Å². The van der Waals surface area contributed by atoms with E-state index in [4.69, 9.17) is 0 Å². The van der Waals surface area contributed by atoms with Crippen LogP contribution in [0.5, 0.6) is 0 Å². The first-order valence-corrected chi connectivity index (χ1v) is 9.12. The molecule has 0 bridgehead atoms. The molecule has 1 aromatic carbocycles. The van der Waals surface area contributed by atoms with E-state index in [1.165, 1.54) is 17.5 Å². The lowest BCUT2D eigenvalue weighted by Gasteiger charge is -2.09. The van der Waals surface area contributed by atoms with Crippen LogP contribution in [-0.4, -0.2) is 23.1 Å². The lowest BCUT2D eigenvalue weighted by atomic mass is 9.99. The molecule has 0 radical (unpaired) electrons. The first kappa shape index (κ1) is 20.6. The van der Waals surface area contributed by atoms with E-state index >= 15 is 0 Å². The zero-order valence-corrected chi connectivity index (χ0v) is 16.7. The molecule has 0 amide bonds. The van der Waals surface area contributed by atoms with Crippen LogP contribution in [0.4, 0.5) is 10.9 Å². The van der Waals surface area contributed by atoms with E-state index in [1.54, 1.807) is 11.3 Å². The van der Waals surface area contributed by atoms with Crippen molar-refractivity contribution in [2.24, 2.45) is 5.92 Å². The summed E-state index contributed by atoms with van der Waals surface area (Å²) in [6.07, 6.45) is 6.16. The number of aromatic nitrogens is 2. The molecule has 26 heavy (non-hydrogen) atoms. The molecule has 3 heterocycles. The maximum absolute atomic E-state index is 4.48. The van der Waals surface area contributed by atoms with Crippen molar-refractivity contribution < 1.29 is 0 Å². The highest BCUT2D eigenvalue weighted by Crippen LogP contribution is 2.30. The fourth-order valence-corrected chi connectivity index (χ4v) is 3.90. The van der Waals surface area contributed by atoms with Gasteiger partial charge in [-0.1, -0.05) is 41.7 Å². The topological polar surface area (TPSA) is 49.8 Å². The van der Waals surface area contributed by atoms with Crippen LogP contribution in [-0.2, 0) is 6.42 Å².